The van der Waals surface area contributed by atoms with E-state index in [1.807, 2.05) is 13.2 Å². The molecule has 1 aromatic heterocycles. The molecule has 0 saturated heterocycles. The zero-order valence-electron chi connectivity index (χ0n) is 10.6. The SMILES string of the molecule is CNc1cccc(C(c2cc[nH]c2)N(C)C)c1. The predicted molar refractivity (Wildman–Crippen MR) is 72.3 cm³/mol. The normalized spacial score (nSPS) is 12.7. The molecule has 3 heteroatoms. The van der Waals surface area contributed by atoms with E-state index in [1.165, 1.54) is 11.1 Å². The van der Waals surface area contributed by atoms with Gasteiger partial charge in [-0.05, 0) is 43.4 Å². The van der Waals surface area contributed by atoms with Gasteiger partial charge in [0, 0.05) is 25.1 Å². The summed E-state index contributed by atoms with van der Waals surface area (Å²) in [6.45, 7) is 0. The molecule has 0 aliphatic rings. The van der Waals surface area contributed by atoms with Crippen LogP contribution >= 0.6 is 0 Å². The van der Waals surface area contributed by atoms with Crippen LogP contribution in [-0.2, 0) is 0 Å². The first kappa shape index (κ1) is 11.7. The van der Waals surface area contributed by atoms with E-state index in [2.05, 4.69) is 65.8 Å². The Kier molecular flexibility index (Phi) is 3.49. The minimum absolute atomic E-state index is 0.287. The Bertz CT molecular complexity index is 460. The molecule has 2 N–H and O–H groups in total. The van der Waals surface area contributed by atoms with Crippen LogP contribution in [-0.4, -0.2) is 31.0 Å². The minimum atomic E-state index is 0.287. The van der Waals surface area contributed by atoms with E-state index in [0.717, 1.165) is 5.69 Å². The van der Waals surface area contributed by atoms with Crippen LogP contribution in [0.1, 0.15) is 17.2 Å². The third-order valence-electron chi connectivity index (χ3n) is 2.95. The number of aromatic nitrogens is 1. The molecule has 0 aliphatic carbocycles. The first-order chi connectivity index (χ1) is 8.22. The number of hydrogen-bond acceptors (Lipinski definition) is 2. The minimum Gasteiger partial charge on any atom is -0.388 e. The van der Waals surface area contributed by atoms with Crippen molar-refractivity contribution in [3.63, 3.8) is 0 Å². The Labute approximate surface area is 102 Å². The molecule has 0 spiro atoms. The Morgan fingerprint density at radius 3 is 2.59 bits per heavy atom. The first-order valence-corrected chi connectivity index (χ1v) is 5.79. The first-order valence-electron chi connectivity index (χ1n) is 5.79. The van der Waals surface area contributed by atoms with Crippen LogP contribution in [0, 0.1) is 0 Å². The Morgan fingerprint density at radius 2 is 2.00 bits per heavy atom. The zero-order chi connectivity index (χ0) is 12.3. The molecule has 90 valence electrons. The highest BCUT2D eigenvalue weighted by Gasteiger charge is 2.16. The van der Waals surface area contributed by atoms with Gasteiger partial charge in [0.25, 0.3) is 0 Å². The van der Waals surface area contributed by atoms with E-state index in [1.54, 1.807) is 0 Å². The lowest BCUT2D eigenvalue weighted by Crippen LogP contribution is -2.20. The zero-order valence-corrected chi connectivity index (χ0v) is 10.6. The maximum absolute atomic E-state index is 3.18. The van der Waals surface area contributed by atoms with Gasteiger partial charge >= 0.3 is 0 Å². The number of hydrogen-bond donors (Lipinski definition) is 2. The summed E-state index contributed by atoms with van der Waals surface area (Å²) in [4.78, 5) is 5.34. The third kappa shape index (κ3) is 2.50. The lowest BCUT2D eigenvalue weighted by atomic mass is 10.00. The number of benzene rings is 1. The van der Waals surface area contributed by atoms with Crippen LogP contribution in [0.15, 0.2) is 42.7 Å². The Morgan fingerprint density at radius 1 is 1.18 bits per heavy atom. The van der Waals surface area contributed by atoms with Gasteiger partial charge in [0.05, 0.1) is 6.04 Å². The van der Waals surface area contributed by atoms with Crippen molar-refractivity contribution in [2.24, 2.45) is 0 Å². The van der Waals surface area contributed by atoms with Gasteiger partial charge in [-0.2, -0.15) is 0 Å². The quantitative estimate of drug-likeness (QED) is 0.844. The summed E-state index contributed by atoms with van der Waals surface area (Å²) in [5.74, 6) is 0. The van der Waals surface area contributed by atoms with E-state index in [-0.39, 0.29) is 6.04 Å². The van der Waals surface area contributed by atoms with Crippen LogP contribution in [0.4, 0.5) is 5.69 Å². The smallest absolute Gasteiger partial charge is 0.0612 e. The summed E-state index contributed by atoms with van der Waals surface area (Å²) in [5.41, 5.74) is 3.72. The standard InChI is InChI=1S/C14H19N3/c1-15-13-6-4-5-11(9-13)14(17(2)3)12-7-8-16-10-12/h4-10,14-16H,1-3H3. The van der Waals surface area contributed by atoms with Crippen molar-refractivity contribution in [2.75, 3.05) is 26.5 Å². The van der Waals surface area contributed by atoms with Crippen molar-refractivity contribution in [1.82, 2.24) is 9.88 Å². The van der Waals surface area contributed by atoms with Crippen LogP contribution in [0.5, 0.6) is 0 Å². The number of nitrogens with zero attached hydrogens (tertiary/aromatic N) is 1. The van der Waals surface area contributed by atoms with E-state index in [0.29, 0.717) is 0 Å². The molecule has 0 bridgehead atoms. The molecule has 0 saturated carbocycles. The molecule has 0 radical (unpaired) electrons. The summed E-state index contributed by atoms with van der Waals surface area (Å²) in [6, 6.07) is 10.9. The van der Waals surface area contributed by atoms with Crippen LogP contribution < -0.4 is 5.32 Å². The lowest BCUT2D eigenvalue weighted by molar-refractivity contribution is 0.342. The molecule has 0 amide bonds. The van der Waals surface area contributed by atoms with Crippen LogP contribution in [0.2, 0.25) is 0 Å². The maximum Gasteiger partial charge on any atom is 0.0612 e. The van der Waals surface area contributed by atoms with Gasteiger partial charge in [-0.3, -0.25) is 4.90 Å². The largest absolute Gasteiger partial charge is 0.388 e. The van der Waals surface area contributed by atoms with Crippen LogP contribution in [0.25, 0.3) is 0 Å². The molecule has 1 heterocycles. The van der Waals surface area contributed by atoms with Gasteiger partial charge in [0.1, 0.15) is 0 Å². The molecule has 17 heavy (non-hydrogen) atoms. The number of rotatable bonds is 4. The van der Waals surface area contributed by atoms with Gasteiger partial charge in [-0.25, -0.2) is 0 Å². The summed E-state index contributed by atoms with van der Waals surface area (Å²) >= 11 is 0. The van der Waals surface area contributed by atoms with E-state index >= 15 is 0 Å². The summed E-state index contributed by atoms with van der Waals surface area (Å²) in [7, 11) is 6.15. The average molecular weight is 229 g/mol. The van der Waals surface area contributed by atoms with E-state index in [4.69, 9.17) is 0 Å². The lowest BCUT2D eigenvalue weighted by Gasteiger charge is -2.24. The van der Waals surface area contributed by atoms with Crippen molar-refractivity contribution >= 4 is 5.69 Å². The van der Waals surface area contributed by atoms with Gasteiger partial charge in [0.15, 0.2) is 0 Å². The molecule has 1 atom stereocenters. The number of nitrogens with one attached hydrogen (secondary N) is 2. The molecule has 2 rings (SSSR count). The Balaban J connectivity index is 2.39. The van der Waals surface area contributed by atoms with Gasteiger partial charge < -0.3 is 10.3 Å². The fourth-order valence-electron chi connectivity index (χ4n) is 2.16. The fourth-order valence-corrected chi connectivity index (χ4v) is 2.16. The highest BCUT2D eigenvalue weighted by Crippen LogP contribution is 2.27. The van der Waals surface area contributed by atoms with Gasteiger partial charge in [0.2, 0.25) is 0 Å². The second kappa shape index (κ2) is 5.06. The monoisotopic (exact) mass is 229 g/mol. The molecular formula is C14H19N3. The van der Waals surface area contributed by atoms with Crippen LogP contribution in [0.3, 0.4) is 0 Å². The van der Waals surface area contributed by atoms with Crippen molar-refractivity contribution in [3.05, 3.63) is 53.9 Å². The molecule has 0 fully saturated rings. The highest BCUT2D eigenvalue weighted by atomic mass is 15.1. The molecule has 0 aliphatic heterocycles. The predicted octanol–water partition coefficient (Wildman–Crippen LogP) is 2.71. The van der Waals surface area contributed by atoms with E-state index in [9.17, 15) is 0 Å². The summed E-state index contributed by atoms with van der Waals surface area (Å²) in [5, 5.41) is 3.18. The second-order valence-corrected chi connectivity index (χ2v) is 4.39. The molecular weight excluding hydrogens is 210 g/mol. The Hall–Kier alpha value is -1.74. The fraction of sp³-hybridized carbons (Fsp3) is 0.286. The number of H-pyrrole nitrogens is 1. The summed E-state index contributed by atoms with van der Waals surface area (Å²) < 4.78 is 0. The molecule has 3 nitrogen and oxygen atoms in total. The van der Waals surface area contributed by atoms with Crippen molar-refractivity contribution in [3.8, 4) is 0 Å². The second-order valence-electron chi connectivity index (χ2n) is 4.39. The number of anilines is 1. The molecule has 1 unspecified atom stereocenters. The van der Waals surface area contributed by atoms with Crippen molar-refractivity contribution in [2.45, 2.75) is 6.04 Å². The average Bonchev–Trinajstić information content (AvgIpc) is 2.83. The van der Waals surface area contributed by atoms with Gasteiger partial charge in [-0.15, -0.1) is 0 Å². The highest BCUT2D eigenvalue weighted by molar-refractivity contribution is 5.47. The topological polar surface area (TPSA) is 31.1 Å². The third-order valence-corrected chi connectivity index (χ3v) is 2.95. The molecule has 1 aromatic carbocycles. The maximum atomic E-state index is 3.18. The van der Waals surface area contributed by atoms with Crippen molar-refractivity contribution < 1.29 is 0 Å². The van der Waals surface area contributed by atoms with Gasteiger partial charge in [-0.1, -0.05) is 12.1 Å². The number of aromatic amines is 1. The van der Waals surface area contributed by atoms with E-state index < -0.39 is 0 Å². The molecule has 2 aromatic rings. The summed E-state index contributed by atoms with van der Waals surface area (Å²) in [6.07, 6.45) is 4.02. The van der Waals surface area contributed by atoms with Crippen molar-refractivity contribution in [1.29, 1.82) is 0 Å².